The molecule has 8 aromatic rings. The molecular weight excluding hydrogens is 722 g/mol. The van der Waals surface area contributed by atoms with Crippen molar-refractivity contribution in [2.24, 2.45) is 0 Å². The van der Waals surface area contributed by atoms with Crippen molar-refractivity contribution in [1.82, 2.24) is 23.5 Å². The molecule has 5 aromatic carbocycles. The summed E-state index contributed by atoms with van der Waals surface area (Å²) >= 11 is 6.70. The van der Waals surface area contributed by atoms with Crippen LogP contribution < -0.4 is 15.4 Å². The van der Waals surface area contributed by atoms with Gasteiger partial charge < -0.3 is 19.9 Å². The summed E-state index contributed by atoms with van der Waals surface area (Å²) in [7, 11) is -2.27. The number of benzene rings is 5. The minimum atomic E-state index is -3.91. The number of halogens is 1. The fourth-order valence-electron chi connectivity index (χ4n) is 6.40. The Morgan fingerprint density at radius 3 is 2.30 bits per heavy atom. The fourth-order valence-corrected chi connectivity index (χ4v) is 7.98. The maximum absolute atomic E-state index is 13.7. The predicted molar refractivity (Wildman–Crippen MR) is 212 cm³/mol. The second kappa shape index (κ2) is 14.1. The van der Waals surface area contributed by atoms with Crippen molar-refractivity contribution in [2.75, 3.05) is 17.7 Å². The lowest BCUT2D eigenvalue weighted by molar-refractivity contribution is -0.114. The van der Waals surface area contributed by atoms with E-state index >= 15 is 0 Å². The first-order chi connectivity index (χ1) is 26.2. The molecular formula is C41H32ClN7O4S. The van der Waals surface area contributed by atoms with Crippen LogP contribution in [0.5, 0.6) is 5.75 Å². The third-order valence-electron chi connectivity index (χ3n) is 8.94. The van der Waals surface area contributed by atoms with E-state index in [1.165, 1.54) is 17.1 Å². The number of nitrogens with one attached hydrogen (secondary N) is 2. The average Bonchev–Trinajstić information content (AvgIpc) is 3.75. The number of amides is 1. The number of aromatic nitrogens is 5. The second-order valence-corrected chi connectivity index (χ2v) is 14.7. The van der Waals surface area contributed by atoms with Crippen molar-refractivity contribution in [3.8, 4) is 28.4 Å². The summed E-state index contributed by atoms with van der Waals surface area (Å²) in [6, 6.07) is 36.8. The number of carbonyl (C=O) groups is 1. The third-order valence-corrected chi connectivity index (χ3v) is 10.9. The monoisotopic (exact) mass is 753 g/mol. The molecule has 2 N–H and O–H groups in total. The Hall–Kier alpha value is -6.50. The van der Waals surface area contributed by atoms with Crippen LogP contribution in [0.1, 0.15) is 12.5 Å². The van der Waals surface area contributed by atoms with Gasteiger partial charge in [0.1, 0.15) is 11.6 Å². The van der Waals surface area contributed by atoms with Gasteiger partial charge in [-0.15, -0.1) is 0 Å². The van der Waals surface area contributed by atoms with Gasteiger partial charge in [0.15, 0.2) is 0 Å². The van der Waals surface area contributed by atoms with Gasteiger partial charge in [0.05, 0.1) is 45.5 Å². The van der Waals surface area contributed by atoms with E-state index in [1.807, 2.05) is 78.9 Å². The number of imidazole rings is 1. The zero-order chi connectivity index (χ0) is 37.4. The normalized spacial score (nSPS) is 11.5. The lowest BCUT2D eigenvalue weighted by Gasteiger charge is -2.11. The van der Waals surface area contributed by atoms with Crippen LogP contribution in [0.4, 0.5) is 17.3 Å². The highest BCUT2D eigenvalue weighted by molar-refractivity contribution is 7.90. The van der Waals surface area contributed by atoms with Crippen molar-refractivity contribution in [3.63, 3.8) is 0 Å². The zero-order valence-electron chi connectivity index (χ0n) is 29.1. The van der Waals surface area contributed by atoms with Crippen molar-refractivity contribution < 1.29 is 17.9 Å². The second-order valence-electron chi connectivity index (χ2n) is 12.5. The molecule has 0 aliphatic heterocycles. The number of nitrogens with zero attached hydrogens (tertiary/aromatic N) is 5. The smallest absolute Gasteiger partial charge is 0.268 e. The van der Waals surface area contributed by atoms with Gasteiger partial charge in [-0.25, -0.2) is 27.3 Å². The molecule has 0 saturated heterocycles. The van der Waals surface area contributed by atoms with Crippen LogP contribution in [0.3, 0.4) is 0 Å². The van der Waals surface area contributed by atoms with Gasteiger partial charge in [-0.1, -0.05) is 60.1 Å². The molecule has 0 spiro atoms. The number of carbonyl (C=O) groups excluding carboxylic acids is 1. The molecule has 3 aromatic heterocycles. The largest absolute Gasteiger partial charge is 0.497 e. The number of para-hydroxylation sites is 1. The molecule has 0 radical (unpaired) electrons. The molecule has 268 valence electrons. The van der Waals surface area contributed by atoms with E-state index in [0.717, 1.165) is 33.7 Å². The molecule has 0 aliphatic carbocycles. The predicted octanol–water partition coefficient (Wildman–Crippen LogP) is 8.76. The van der Waals surface area contributed by atoms with E-state index < -0.39 is 10.0 Å². The van der Waals surface area contributed by atoms with Gasteiger partial charge in [-0.2, -0.15) is 0 Å². The number of ether oxygens (including phenoxy) is 1. The summed E-state index contributed by atoms with van der Waals surface area (Å²) in [5.41, 5.74) is 6.38. The van der Waals surface area contributed by atoms with Gasteiger partial charge in [0.25, 0.3) is 10.0 Å². The summed E-state index contributed by atoms with van der Waals surface area (Å²) in [4.78, 5) is 26.1. The summed E-state index contributed by atoms with van der Waals surface area (Å²) < 4.78 is 36.3. The van der Waals surface area contributed by atoms with E-state index in [1.54, 1.807) is 55.8 Å². The maximum atomic E-state index is 13.7. The zero-order valence-corrected chi connectivity index (χ0v) is 30.6. The van der Waals surface area contributed by atoms with Crippen LogP contribution >= 0.6 is 11.6 Å². The number of hydrogen-bond acceptors (Lipinski definition) is 8. The van der Waals surface area contributed by atoms with Gasteiger partial charge in [-0.05, 0) is 78.4 Å². The molecule has 0 saturated carbocycles. The quantitative estimate of drug-likeness (QED) is 0.142. The molecule has 0 atom stereocenters. The fraction of sp³-hybridized carbons (Fsp3) is 0.0732. The molecule has 11 nitrogen and oxygen atoms in total. The first kappa shape index (κ1) is 34.6. The molecule has 3 heterocycles. The van der Waals surface area contributed by atoms with E-state index in [-0.39, 0.29) is 21.8 Å². The van der Waals surface area contributed by atoms with Crippen LogP contribution in [-0.4, -0.2) is 44.9 Å². The van der Waals surface area contributed by atoms with E-state index in [0.29, 0.717) is 40.1 Å². The van der Waals surface area contributed by atoms with Crippen LogP contribution in [0.2, 0.25) is 5.02 Å². The van der Waals surface area contributed by atoms with Crippen molar-refractivity contribution >= 4 is 66.8 Å². The highest BCUT2D eigenvalue weighted by Crippen LogP contribution is 2.36. The van der Waals surface area contributed by atoms with Gasteiger partial charge in [0, 0.05) is 47.6 Å². The highest BCUT2D eigenvalue weighted by atomic mass is 35.5. The van der Waals surface area contributed by atoms with Crippen LogP contribution in [0.15, 0.2) is 139 Å². The summed E-state index contributed by atoms with van der Waals surface area (Å²) in [6.07, 6.45) is 3.05. The first-order valence-electron chi connectivity index (χ1n) is 16.9. The number of hydrogen-bond donors (Lipinski definition) is 2. The lowest BCUT2D eigenvalue weighted by Crippen LogP contribution is -2.11. The summed E-state index contributed by atoms with van der Waals surface area (Å²) in [5.74, 6) is 1.64. The molecule has 54 heavy (non-hydrogen) atoms. The molecule has 13 heteroatoms. The summed E-state index contributed by atoms with van der Waals surface area (Å²) in [5, 5.41) is 7.04. The molecule has 0 fully saturated rings. The Kier molecular flexibility index (Phi) is 9.06. The topological polar surface area (TPSA) is 133 Å². The third kappa shape index (κ3) is 6.64. The SMILES string of the molecule is COc1ccc(Cn2c(-c3ccc(NC(C)=O)cc3)nc3cc(Nc4ncc(Cl)c(-c5cn(S(=O)(=O)c6ccccc6)c6ccccc56)n4)ccc32)cc1. The van der Waals surface area contributed by atoms with Crippen LogP contribution in [-0.2, 0) is 21.4 Å². The van der Waals surface area contributed by atoms with Gasteiger partial charge >= 0.3 is 0 Å². The van der Waals surface area contributed by atoms with Crippen molar-refractivity contribution in [3.05, 3.63) is 144 Å². The van der Waals surface area contributed by atoms with E-state index in [9.17, 15) is 13.2 Å². The number of rotatable bonds is 10. The van der Waals surface area contributed by atoms with Gasteiger partial charge in [-0.3, -0.25) is 4.79 Å². The Morgan fingerprint density at radius 2 is 1.56 bits per heavy atom. The van der Waals surface area contributed by atoms with E-state index in [4.69, 9.17) is 26.3 Å². The number of anilines is 3. The standard InChI is InChI=1S/C41H32ClN7O4S/c1-26(50)44-29-16-14-28(15-17-29)40-46-36-22-30(18-21-38(36)48(40)24-27-12-19-31(53-2)20-13-27)45-41-43-23-35(42)39(47-41)34-25-49(37-11-7-6-10-33(34)37)54(51,52)32-8-4-3-5-9-32/h3-23,25H,24H2,1-2H3,(H,44,50)(H,43,45,47). The molecule has 0 bridgehead atoms. The summed E-state index contributed by atoms with van der Waals surface area (Å²) in [6.45, 7) is 2.02. The Bertz CT molecular complexity index is 2780. The molecule has 0 unspecified atom stereocenters. The number of methoxy groups -OCH3 is 1. The molecule has 1 amide bonds. The van der Waals surface area contributed by atoms with Crippen LogP contribution in [0.25, 0.3) is 44.6 Å². The van der Waals surface area contributed by atoms with Crippen molar-refractivity contribution in [2.45, 2.75) is 18.4 Å². The lowest BCUT2D eigenvalue weighted by atomic mass is 10.1. The average molecular weight is 754 g/mol. The van der Waals surface area contributed by atoms with Crippen molar-refractivity contribution in [1.29, 1.82) is 0 Å². The van der Waals surface area contributed by atoms with Crippen LogP contribution in [0, 0.1) is 0 Å². The number of fused-ring (bicyclic) bond motifs is 2. The van der Waals surface area contributed by atoms with E-state index in [2.05, 4.69) is 20.2 Å². The Morgan fingerprint density at radius 1 is 0.833 bits per heavy atom. The minimum Gasteiger partial charge on any atom is -0.497 e. The molecule has 0 aliphatic rings. The highest BCUT2D eigenvalue weighted by Gasteiger charge is 2.23. The first-order valence-corrected chi connectivity index (χ1v) is 18.7. The Balaban J connectivity index is 1.16. The molecule has 8 rings (SSSR count). The maximum Gasteiger partial charge on any atom is 0.268 e. The van der Waals surface area contributed by atoms with Gasteiger partial charge in [0.2, 0.25) is 11.9 Å². The Labute approximate surface area is 315 Å². The minimum absolute atomic E-state index is 0.144.